The molecule has 6 nitrogen and oxygen atoms in total. The first-order valence-corrected chi connectivity index (χ1v) is 7.92. The first-order valence-electron chi connectivity index (χ1n) is 7.92. The van der Waals surface area contributed by atoms with Crippen LogP contribution in [-0.2, 0) is 13.6 Å². The van der Waals surface area contributed by atoms with E-state index in [1.165, 1.54) is 0 Å². The number of hydrogen-bond acceptors (Lipinski definition) is 3. The highest BCUT2D eigenvalue weighted by molar-refractivity contribution is 5.95. The molecule has 0 radical (unpaired) electrons. The fourth-order valence-electron chi connectivity index (χ4n) is 2.60. The number of benzene rings is 1. The van der Waals surface area contributed by atoms with E-state index in [1.54, 1.807) is 12.4 Å². The van der Waals surface area contributed by atoms with Gasteiger partial charge in [-0.15, -0.1) is 0 Å². The molecule has 24 heavy (non-hydrogen) atoms. The van der Waals surface area contributed by atoms with E-state index in [1.807, 2.05) is 67.0 Å². The maximum atomic E-state index is 13.0. The van der Waals surface area contributed by atoms with Crippen molar-refractivity contribution in [3.63, 3.8) is 0 Å². The largest absolute Gasteiger partial charge is 0.337 e. The molecule has 0 unspecified atom stereocenters. The Hall–Kier alpha value is -2.89. The molecule has 0 aliphatic rings. The van der Waals surface area contributed by atoms with E-state index in [9.17, 15) is 4.79 Å². The second-order valence-electron chi connectivity index (χ2n) is 6.05. The van der Waals surface area contributed by atoms with Crippen molar-refractivity contribution < 1.29 is 4.79 Å². The first-order chi connectivity index (χ1) is 11.6. The van der Waals surface area contributed by atoms with Crippen LogP contribution in [0.3, 0.4) is 0 Å². The average Bonchev–Trinajstić information content (AvgIpc) is 3.24. The van der Waals surface area contributed by atoms with E-state index in [0.29, 0.717) is 12.1 Å². The third-order valence-corrected chi connectivity index (χ3v) is 4.06. The van der Waals surface area contributed by atoms with E-state index >= 15 is 0 Å². The van der Waals surface area contributed by atoms with Crippen LogP contribution in [0.1, 0.15) is 30.0 Å². The maximum absolute atomic E-state index is 13.0. The van der Waals surface area contributed by atoms with Crippen molar-refractivity contribution in [2.45, 2.75) is 26.4 Å². The van der Waals surface area contributed by atoms with Gasteiger partial charge in [-0.1, -0.05) is 12.1 Å². The summed E-state index contributed by atoms with van der Waals surface area (Å²) in [7, 11) is 1.94. The zero-order valence-electron chi connectivity index (χ0n) is 14.1. The minimum Gasteiger partial charge on any atom is -0.337 e. The molecule has 0 aliphatic heterocycles. The van der Waals surface area contributed by atoms with Crippen molar-refractivity contribution in [3.8, 4) is 11.1 Å². The van der Waals surface area contributed by atoms with Gasteiger partial charge in [-0.05, 0) is 31.5 Å². The summed E-state index contributed by atoms with van der Waals surface area (Å²) in [6.45, 7) is 4.51. The van der Waals surface area contributed by atoms with E-state index in [0.717, 1.165) is 17.0 Å². The maximum Gasteiger partial charge on any atom is 0.254 e. The highest BCUT2D eigenvalue weighted by Crippen LogP contribution is 2.21. The van der Waals surface area contributed by atoms with Crippen molar-refractivity contribution in [1.29, 1.82) is 0 Å². The van der Waals surface area contributed by atoms with Crippen molar-refractivity contribution in [1.82, 2.24) is 24.6 Å². The molecule has 3 aromatic rings. The first kappa shape index (κ1) is 16.0. The lowest BCUT2D eigenvalue weighted by molar-refractivity contribution is 0.0683. The number of rotatable bonds is 5. The van der Waals surface area contributed by atoms with Crippen molar-refractivity contribution >= 4 is 5.91 Å². The molecule has 0 aliphatic carbocycles. The fraction of sp³-hybridized carbons (Fsp3) is 0.278. The van der Waals surface area contributed by atoms with Gasteiger partial charge in [0.2, 0.25) is 0 Å². The normalized spacial score (nSPS) is 11.0. The van der Waals surface area contributed by atoms with Gasteiger partial charge in [0.25, 0.3) is 5.91 Å². The van der Waals surface area contributed by atoms with Crippen LogP contribution in [0, 0.1) is 0 Å². The van der Waals surface area contributed by atoms with Crippen LogP contribution in [-0.4, -0.2) is 36.6 Å². The number of carbonyl (C=O) groups excluding carboxylic acids is 1. The summed E-state index contributed by atoms with van der Waals surface area (Å²) < 4.78 is 1.94. The Morgan fingerprint density at radius 2 is 2.17 bits per heavy atom. The van der Waals surface area contributed by atoms with Crippen LogP contribution in [0.4, 0.5) is 0 Å². The Morgan fingerprint density at radius 1 is 1.33 bits per heavy atom. The number of carbonyl (C=O) groups is 1. The van der Waals surface area contributed by atoms with Gasteiger partial charge >= 0.3 is 0 Å². The number of imidazole rings is 1. The van der Waals surface area contributed by atoms with E-state index < -0.39 is 0 Å². The zero-order chi connectivity index (χ0) is 17.1. The summed E-state index contributed by atoms with van der Waals surface area (Å²) >= 11 is 0. The van der Waals surface area contributed by atoms with Gasteiger partial charge in [0.05, 0.1) is 12.7 Å². The van der Waals surface area contributed by atoms with Crippen LogP contribution >= 0.6 is 0 Å². The van der Waals surface area contributed by atoms with Gasteiger partial charge < -0.3 is 9.47 Å². The van der Waals surface area contributed by atoms with E-state index in [-0.39, 0.29) is 11.9 Å². The highest BCUT2D eigenvalue weighted by atomic mass is 16.2. The van der Waals surface area contributed by atoms with Crippen LogP contribution in [0.5, 0.6) is 0 Å². The highest BCUT2D eigenvalue weighted by Gasteiger charge is 2.21. The molecular weight excluding hydrogens is 302 g/mol. The molecule has 2 aromatic heterocycles. The minimum absolute atomic E-state index is 0.00153. The number of amides is 1. The predicted molar refractivity (Wildman–Crippen MR) is 92.2 cm³/mol. The smallest absolute Gasteiger partial charge is 0.254 e. The molecule has 1 amide bonds. The van der Waals surface area contributed by atoms with Crippen molar-refractivity contribution in [2.24, 2.45) is 7.05 Å². The standard InChI is InChI=1S/C18H21N5O/c1-13(2)23(12-17-19-7-8-22(17)3)18(24)15-6-4-5-14(9-15)16-10-20-21-11-16/h4-11,13H,12H2,1-3H3,(H,20,21). The average molecular weight is 323 g/mol. The van der Waals surface area contributed by atoms with Gasteiger partial charge in [-0.3, -0.25) is 9.89 Å². The predicted octanol–water partition coefficient (Wildman–Crippen LogP) is 2.86. The van der Waals surface area contributed by atoms with Gasteiger partial charge in [-0.25, -0.2) is 4.98 Å². The van der Waals surface area contributed by atoms with Crippen molar-refractivity contribution in [3.05, 3.63) is 60.4 Å². The topological polar surface area (TPSA) is 66.8 Å². The number of H-pyrrole nitrogens is 1. The van der Waals surface area contributed by atoms with Crippen molar-refractivity contribution in [2.75, 3.05) is 0 Å². The van der Waals surface area contributed by atoms with Gasteiger partial charge in [-0.2, -0.15) is 5.10 Å². The second-order valence-corrected chi connectivity index (χ2v) is 6.05. The van der Waals surface area contributed by atoms with Gasteiger partial charge in [0.15, 0.2) is 0 Å². The summed E-state index contributed by atoms with van der Waals surface area (Å²) in [5, 5.41) is 6.76. The summed E-state index contributed by atoms with van der Waals surface area (Å²) in [5.74, 6) is 0.862. The van der Waals surface area contributed by atoms with Gasteiger partial charge in [0, 0.05) is 42.8 Å². The molecule has 124 valence electrons. The number of hydrogen-bond donors (Lipinski definition) is 1. The second kappa shape index (κ2) is 6.70. The SMILES string of the molecule is CC(C)N(Cc1nccn1C)C(=O)c1cccc(-c2cn[nH]c2)c1. The molecule has 0 bridgehead atoms. The molecule has 6 heteroatoms. The van der Waals surface area contributed by atoms with Gasteiger partial charge in [0.1, 0.15) is 5.82 Å². The Balaban J connectivity index is 1.88. The summed E-state index contributed by atoms with van der Waals surface area (Å²) in [4.78, 5) is 19.2. The monoisotopic (exact) mass is 323 g/mol. The lowest BCUT2D eigenvalue weighted by Crippen LogP contribution is -2.37. The molecule has 0 saturated heterocycles. The number of nitrogens with zero attached hydrogens (tertiary/aromatic N) is 4. The molecule has 0 spiro atoms. The summed E-state index contributed by atoms with van der Waals surface area (Å²) in [6.07, 6.45) is 7.20. The van der Waals surface area contributed by atoms with E-state index in [2.05, 4.69) is 15.2 Å². The number of aromatic amines is 1. The van der Waals surface area contributed by atoms with Crippen LogP contribution in [0.25, 0.3) is 11.1 Å². The number of aryl methyl sites for hydroxylation is 1. The molecule has 0 atom stereocenters. The lowest BCUT2D eigenvalue weighted by Gasteiger charge is -2.26. The summed E-state index contributed by atoms with van der Waals surface area (Å²) in [5.41, 5.74) is 2.59. The fourth-order valence-corrected chi connectivity index (χ4v) is 2.60. The zero-order valence-corrected chi connectivity index (χ0v) is 14.1. The lowest BCUT2D eigenvalue weighted by atomic mass is 10.0. The third-order valence-electron chi connectivity index (χ3n) is 4.06. The molecule has 1 aromatic carbocycles. The summed E-state index contributed by atoms with van der Waals surface area (Å²) in [6, 6.07) is 7.70. The van der Waals surface area contributed by atoms with E-state index in [4.69, 9.17) is 0 Å². The quantitative estimate of drug-likeness (QED) is 0.785. The molecule has 1 N–H and O–H groups in total. The molecule has 3 rings (SSSR count). The van der Waals surface area contributed by atoms with Crippen LogP contribution in [0.15, 0.2) is 49.1 Å². The molecule has 0 fully saturated rings. The number of aromatic nitrogens is 4. The third kappa shape index (κ3) is 3.22. The molecule has 2 heterocycles. The Bertz CT molecular complexity index is 820. The molecular formula is C18H21N5O. The minimum atomic E-state index is -0.00153. The Labute approximate surface area is 141 Å². The number of nitrogens with one attached hydrogen (secondary N) is 1. The Morgan fingerprint density at radius 3 is 2.79 bits per heavy atom. The van der Waals surface area contributed by atoms with Crippen LogP contribution < -0.4 is 0 Å². The van der Waals surface area contributed by atoms with Crippen LogP contribution in [0.2, 0.25) is 0 Å². The Kier molecular flexibility index (Phi) is 4.46. The molecule has 0 saturated carbocycles.